The monoisotopic (exact) mass is 1530 g/mol. The predicted octanol–water partition coefficient (Wildman–Crippen LogP) is 15.6. The van der Waals surface area contributed by atoms with Gasteiger partial charge in [-0.05, 0) is 241 Å². The van der Waals surface area contributed by atoms with E-state index in [1.54, 1.807) is 0 Å². The number of nitrogen functional groups attached to an aromatic ring is 4. The summed E-state index contributed by atoms with van der Waals surface area (Å²) >= 11 is 0. The molecule has 113 heavy (non-hydrogen) atoms. The number of aliphatic imine (C=N–C) groups is 4. The van der Waals surface area contributed by atoms with Gasteiger partial charge in [0, 0.05) is 28.7 Å². The minimum atomic E-state index is -0.691. The van der Waals surface area contributed by atoms with Gasteiger partial charge in [-0.3, -0.25) is 9.59 Å². The molecule has 0 bridgehead atoms. The molecule has 8 aliphatic rings. The normalized spacial score (nSPS) is 23.6. The van der Waals surface area contributed by atoms with Crippen LogP contribution in [-0.2, 0) is 9.59 Å². The number of hydrogen-bond acceptors (Lipinski definition) is 24. The summed E-state index contributed by atoms with van der Waals surface area (Å²) in [5.41, 5.74) is 47.7. The van der Waals surface area contributed by atoms with E-state index >= 15 is 0 Å². The van der Waals surface area contributed by atoms with Gasteiger partial charge in [-0.25, -0.2) is 39.9 Å². The highest BCUT2D eigenvalue weighted by Crippen LogP contribution is 2.47. The number of benzene rings is 4. The van der Waals surface area contributed by atoms with Crippen LogP contribution in [0.5, 0.6) is 23.5 Å². The maximum atomic E-state index is 11.3. The molecule has 0 saturated heterocycles. The lowest BCUT2D eigenvalue weighted by atomic mass is 9.74. The summed E-state index contributed by atoms with van der Waals surface area (Å²) in [6.07, 6.45) is 23.6. The summed E-state index contributed by atoms with van der Waals surface area (Å²) in [6, 6.07) is 34.4. The Morgan fingerprint density at radius 3 is 0.814 bits per heavy atom. The fourth-order valence-electron chi connectivity index (χ4n) is 17.2. The molecule has 1 unspecified atom stereocenters. The number of ether oxygens (including phenoxy) is 4. The molecule has 0 radical (unpaired) electrons. The van der Waals surface area contributed by atoms with E-state index in [0.717, 1.165) is 110 Å². The van der Waals surface area contributed by atoms with Gasteiger partial charge < -0.3 is 63.6 Å². The molecule has 8 aromatic rings. The topological polar surface area (TPSA) is 420 Å². The molecule has 4 aromatic carbocycles. The minimum Gasteiger partial charge on any atom is -0.481 e. The Hall–Kier alpha value is -10.9. The molecule has 4 aromatic heterocycles. The Morgan fingerprint density at radius 1 is 0.363 bits per heavy atom. The van der Waals surface area contributed by atoms with Gasteiger partial charge in [-0.15, -0.1) is 0 Å². The molecule has 8 heterocycles. The van der Waals surface area contributed by atoms with E-state index in [-0.39, 0.29) is 18.3 Å². The highest BCUT2D eigenvalue weighted by molar-refractivity contribution is 6.12. The van der Waals surface area contributed by atoms with Gasteiger partial charge in [0.05, 0.1) is 28.8 Å². The third kappa shape index (κ3) is 18.3. The third-order valence-electron chi connectivity index (χ3n) is 24.0. The van der Waals surface area contributed by atoms with Gasteiger partial charge >= 0.3 is 11.9 Å². The Balaban J connectivity index is 0.000000132. The third-order valence-corrected chi connectivity index (χ3v) is 24.0. The molecule has 4 saturated carbocycles. The molecule has 594 valence electrons. The summed E-state index contributed by atoms with van der Waals surface area (Å²) in [6.45, 7) is 19.3. The number of nitrogens with two attached hydrogens (primary N) is 6. The molecular weight excluding hydrogens is 1430 g/mol. The maximum Gasteiger partial charge on any atom is 0.306 e. The summed E-state index contributed by atoms with van der Waals surface area (Å²) < 4.78 is 24.2. The number of carboxylic acids is 2. The quantitative estimate of drug-likeness (QED) is 0.0501. The van der Waals surface area contributed by atoms with Crippen molar-refractivity contribution < 1.29 is 38.7 Å². The van der Waals surface area contributed by atoms with E-state index in [1.807, 2.05) is 62.3 Å². The number of fused-ring (bicyclic) bond motifs is 4. The molecule has 0 amide bonds. The number of nitrogens with zero attached hydrogens (tertiary/aromatic N) is 12. The van der Waals surface area contributed by atoms with Crippen molar-refractivity contribution >= 4 is 80.8 Å². The summed E-state index contributed by atoms with van der Waals surface area (Å²) in [5, 5.41) is 18.2. The number of hydrogen-bond donors (Lipinski definition) is 8. The first-order chi connectivity index (χ1) is 54.0. The zero-order valence-corrected chi connectivity index (χ0v) is 66.4. The van der Waals surface area contributed by atoms with Crippen molar-refractivity contribution in [3.63, 3.8) is 0 Å². The zero-order chi connectivity index (χ0) is 80.1. The standard InChI is InChI=1S/C23H28N4O3.C22H26N4O3.2C21H27N5O/c1-13(22(28)29)14-4-6-15(7-5-14)16-8-10-17(11-9-16)19-23(2,3)30-21-18(27-19)20(24)25-12-26-21;1-22(2)19(26-18-20(23)24-12-25-21(18)29-22)16-9-7-15(8-10-16)14-5-3-13(4-6-14)11-17(27)28;2*1-21(2)18(26-17-19(23)24-12-25-20(17)27-21)16-9-7-15(8-10-16)14-5-3-13(11-22)4-6-14/h8-15H,4-7H2,1-3H3,(H,28,29)(H2,24,25,26);7-10,12-14H,3-6,11H2,1-2H3,(H,27,28)(H2,23,24,25);2*7-10,12-14H,3-6,11,22H2,1-2H3,(H2,23,24,25). The highest BCUT2D eigenvalue weighted by atomic mass is 16.5. The molecule has 14 N–H and O–H groups in total. The molecule has 0 spiro atoms. The summed E-state index contributed by atoms with van der Waals surface area (Å²) in [7, 11) is 0. The molecule has 4 aliphatic carbocycles. The Morgan fingerprint density at radius 2 is 0.593 bits per heavy atom. The molecular formula is C87H108N18O8. The van der Waals surface area contributed by atoms with Crippen LogP contribution in [0.1, 0.15) is 240 Å². The van der Waals surface area contributed by atoms with Gasteiger partial charge in [0.15, 0.2) is 46.0 Å². The van der Waals surface area contributed by atoms with Crippen molar-refractivity contribution in [1.82, 2.24) is 39.9 Å². The van der Waals surface area contributed by atoms with Crippen molar-refractivity contribution in [2.45, 2.75) is 218 Å². The molecule has 4 aliphatic heterocycles. The first-order valence-electron chi connectivity index (χ1n) is 39.9. The van der Waals surface area contributed by atoms with E-state index < -0.39 is 34.3 Å². The second-order valence-corrected chi connectivity index (χ2v) is 33.4. The van der Waals surface area contributed by atoms with E-state index in [9.17, 15) is 14.7 Å². The minimum absolute atomic E-state index is 0.265. The van der Waals surface area contributed by atoms with Gasteiger partial charge in [0.1, 0.15) is 47.7 Å². The van der Waals surface area contributed by atoms with Crippen LogP contribution in [-0.4, -0.2) is 120 Å². The van der Waals surface area contributed by atoms with Gasteiger partial charge in [0.25, 0.3) is 0 Å². The SMILES string of the molecule is CC(C(=O)O)C1CCC(c2ccc(C3=Nc4c(N)ncnc4OC3(C)C)cc2)CC1.CC1(C)Oc2ncnc(N)c2N=C1c1ccc(C2CCC(CC(=O)O)CC2)cc1.CC1(C)Oc2ncnc(N)c2N=C1c1ccc(C2CCC(CN)CC2)cc1.CC1(C)Oc2ncnc(N)c2N=C1c1ccc(C2CCC(CN)CC2)cc1. The second-order valence-electron chi connectivity index (χ2n) is 33.4. The van der Waals surface area contributed by atoms with Crippen molar-refractivity contribution in [1.29, 1.82) is 0 Å². The number of carbonyl (C=O) groups is 2. The lowest BCUT2D eigenvalue weighted by Crippen LogP contribution is -2.41. The van der Waals surface area contributed by atoms with Crippen LogP contribution < -0.4 is 53.3 Å². The van der Waals surface area contributed by atoms with Crippen LogP contribution in [0.2, 0.25) is 0 Å². The fraction of sp³-hybridized carbons (Fsp3) is 0.471. The smallest absolute Gasteiger partial charge is 0.306 e. The van der Waals surface area contributed by atoms with E-state index in [0.29, 0.717) is 111 Å². The van der Waals surface area contributed by atoms with Gasteiger partial charge in [-0.1, -0.05) is 104 Å². The van der Waals surface area contributed by atoms with Crippen LogP contribution in [0.3, 0.4) is 0 Å². The second kappa shape index (κ2) is 33.8. The predicted molar refractivity (Wildman–Crippen MR) is 441 cm³/mol. The lowest BCUT2D eigenvalue weighted by molar-refractivity contribution is -0.143. The van der Waals surface area contributed by atoms with Crippen LogP contribution >= 0.6 is 0 Å². The molecule has 1 atom stereocenters. The van der Waals surface area contributed by atoms with Crippen molar-refractivity contribution in [3.8, 4) is 23.5 Å². The zero-order valence-electron chi connectivity index (χ0n) is 66.4. The number of aliphatic carboxylic acids is 2. The molecule has 16 rings (SSSR count). The number of carboxylic acid groups (broad SMARTS) is 2. The molecule has 4 fully saturated rings. The summed E-state index contributed by atoms with van der Waals surface area (Å²) in [5.74, 6) is 5.50. The molecule has 26 nitrogen and oxygen atoms in total. The van der Waals surface area contributed by atoms with Crippen molar-refractivity contribution in [3.05, 3.63) is 167 Å². The Labute approximate surface area is 661 Å². The fourth-order valence-corrected chi connectivity index (χ4v) is 17.2. The van der Waals surface area contributed by atoms with Crippen LogP contribution in [0, 0.1) is 29.6 Å². The average Bonchev–Trinajstić information content (AvgIpc) is 0.782. The highest BCUT2D eigenvalue weighted by Gasteiger charge is 2.41. The summed E-state index contributed by atoms with van der Waals surface area (Å²) in [4.78, 5) is 73.9. The Kier molecular flexibility index (Phi) is 24.0. The van der Waals surface area contributed by atoms with E-state index in [1.165, 1.54) is 98.9 Å². The van der Waals surface area contributed by atoms with Crippen LogP contribution in [0.25, 0.3) is 0 Å². The van der Waals surface area contributed by atoms with Crippen molar-refractivity contribution in [2.75, 3.05) is 36.0 Å². The van der Waals surface area contributed by atoms with Crippen molar-refractivity contribution in [2.24, 2.45) is 61.0 Å². The van der Waals surface area contributed by atoms with Crippen LogP contribution in [0.4, 0.5) is 46.0 Å². The maximum absolute atomic E-state index is 11.3. The van der Waals surface area contributed by atoms with Gasteiger partial charge in [-0.2, -0.15) is 19.9 Å². The number of anilines is 4. The van der Waals surface area contributed by atoms with E-state index in [2.05, 4.69) is 137 Å². The largest absolute Gasteiger partial charge is 0.481 e. The lowest BCUT2D eigenvalue weighted by Gasteiger charge is -2.32. The van der Waals surface area contributed by atoms with Crippen LogP contribution in [0.15, 0.2) is 142 Å². The van der Waals surface area contributed by atoms with Gasteiger partial charge in [0.2, 0.25) is 23.5 Å². The number of rotatable bonds is 14. The number of aromatic nitrogens is 8. The van der Waals surface area contributed by atoms with E-state index in [4.69, 9.17) is 78.4 Å². The molecule has 26 heteroatoms. The average molecular weight is 1530 g/mol. The Bertz CT molecular complexity index is 4700. The first kappa shape index (κ1) is 80.2. The first-order valence-corrected chi connectivity index (χ1v) is 39.9.